The first kappa shape index (κ1) is 10.6. The van der Waals surface area contributed by atoms with Crippen molar-refractivity contribution in [3.63, 3.8) is 0 Å². The molecular weight excluding hydrogens is 256 g/mol. The number of nitrogens with zero attached hydrogens (tertiary/aromatic N) is 4. The molecule has 3 heterocycles. The molecule has 0 aliphatic heterocycles. The summed E-state index contributed by atoms with van der Waals surface area (Å²) in [4.78, 5) is 9.93. The molecule has 92 valence electrons. The Morgan fingerprint density at radius 2 is 2.05 bits per heavy atom. The summed E-state index contributed by atoms with van der Waals surface area (Å²) in [5.41, 5.74) is 2.20. The van der Waals surface area contributed by atoms with Gasteiger partial charge >= 0.3 is 0 Å². The molecule has 3 aromatic heterocycles. The average Bonchev–Trinajstić information content (AvgIpc) is 3.00. The summed E-state index contributed by atoms with van der Waals surface area (Å²) < 4.78 is 2.99. The fourth-order valence-electron chi connectivity index (χ4n) is 2.26. The van der Waals surface area contributed by atoms with Gasteiger partial charge in [0.15, 0.2) is 0 Å². The minimum Gasteiger partial charge on any atom is -0.218 e. The van der Waals surface area contributed by atoms with Crippen molar-refractivity contribution in [2.45, 2.75) is 6.92 Å². The van der Waals surface area contributed by atoms with E-state index in [0.717, 1.165) is 5.69 Å². The Hall–Kier alpha value is -2.27. The summed E-state index contributed by atoms with van der Waals surface area (Å²) >= 11 is 1.76. The number of hydrogen-bond donors (Lipinski definition) is 0. The molecule has 0 aliphatic carbocycles. The average molecular weight is 266 g/mol. The van der Waals surface area contributed by atoms with Crippen LogP contribution in [0.15, 0.2) is 42.9 Å². The number of aromatic nitrogens is 4. The molecule has 0 N–H and O–H groups in total. The van der Waals surface area contributed by atoms with E-state index in [4.69, 9.17) is 0 Å². The molecule has 0 bridgehead atoms. The number of thiophene rings is 1. The van der Waals surface area contributed by atoms with Gasteiger partial charge in [-0.3, -0.25) is 0 Å². The highest BCUT2D eigenvalue weighted by molar-refractivity contribution is 7.22. The molecule has 0 amide bonds. The second kappa shape index (κ2) is 3.86. The number of rotatable bonds is 1. The van der Waals surface area contributed by atoms with E-state index in [1.54, 1.807) is 28.2 Å². The van der Waals surface area contributed by atoms with Crippen LogP contribution in [0.1, 0.15) is 5.56 Å². The van der Waals surface area contributed by atoms with E-state index < -0.39 is 0 Å². The smallest absolute Gasteiger partial charge is 0.218 e. The van der Waals surface area contributed by atoms with E-state index in [1.807, 2.05) is 6.20 Å². The molecule has 0 saturated heterocycles. The Bertz CT molecular complexity index is 858. The number of fused-ring (bicyclic) bond motifs is 2. The summed E-state index contributed by atoms with van der Waals surface area (Å²) in [5, 5.41) is 5.50. The second-order valence-electron chi connectivity index (χ2n) is 4.37. The highest BCUT2D eigenvalue weighted by Crippen LogP contribution is 2.37. The van der Waals surface area contributed by atoms with Crippen LogP contribution in [0.5, 0.6) is 0 Å². The lowest BCUT2D eigenvalue weighted by Gasteiger charge is -1.92. The first-order valence-electron chi connectivity index (χ1n) is 5.98. The predicted octanol–water partition coefficient (Wildman–Crippen LogP) is 3.31. The zero-order chi connectivity index (χ0) is 12.8. The van der Waals surface area contributed by atoms with Gasteiger partial charge in [0.25, 0.3) is 5.78 Å². The van der Waals surface area contributed by atoms with E-state index in [1.165, 1.54) is 20.5 Å². The molecule has 4 nitrogen and oxygen atoms in total. The van der Waals surface area contributed by atoms with Crippen molar-refractivity contribution >= 4 is 27.2 Å². The summed E-state index contributed by atoms with van der Waals surface area (Å²) in [6, 6.07) is 8.42. The summed E-state index contributed by atoms with van der Waals surface area (Å²) in [6.45, 7) is 2.14. The Morgan fingerprint density at radius 3 is 2.89 bits per heavy atom. The maximum Gasteiger partial charge on any atom is 0.251 e. The molecule has 0 radical (unpaired) electrons. The molecule has 0 atom stereocenters. The highest BCUT2D eigenvalue weighted by atomic mass is 32.1. The third-order valence-corrected chi connectivity index (χ3v) is 4.49. The lowest BCUT2D eigenvalue weighted by Crippen LogP contribution is -1.89. The third-order valence-electron chi connectivity index (χ3n) is 3.19. The number of hydrogen-bond acceptors (Lipinski definition) is 4. The van der Waals surface area contributed by atoms with Gasteiger partial charge in [0.1, 0.15) is 5.69 Å². The summed E-state index contributed by atoms with van der Waals surface area (Å²) in [7, 11) is 0. The van der Waals surface area contributed by atoms with Gasteiger partial charge in [-0.05, 0) is 23.9 Å². The molecular formula is C14H10N4S. The molecule has 19 heavy (non-hydrogen) atoms. The van der Waals surface area contributed by atoms with Crippen molar-refractivity contribution in [1.82, 2.24) is 19.6 Å². The van der Waals surface area contributed by atoms with Crippen LogP contribution in [-0.2, 0) is 0 Å². The summed E-state index contributed by atoms with van der Waals surface area (Å²) in [5.74, 6) is 0.634. The molecule has 1 aromatic carbocycles. The Balaban J connectivity index is 2.01. The molecule has 0 fully saturated rings. The van der Waals surface area contributed by atoms with Crippen molar-refractivity contribution in [2.24, 2.45) is 0 Å². The van der Waals surface area contributed by atoms with Crippen LogP contribution in [0.2, 0.25) is 0 Å². The fourth-order valence-corrected chi connectivity index (χ4v) is 3.43. The molecule has 0 unspecified atom stereocenters. The van der Waals surface area contributed by atoms with Crippen LogP contribution in [0.3, 0.4) is 0 Å². The van der Waals surface area contributed by atoms with Crippen LogP contribution in [-0.4, -0.2) is 19.6 Å². The molecule has 4 rings (SSSR count). The zero-order valence-electron chi connectivity index (χ0n) is 10.2. The first-order chi connectivity index (χ1) is 9.33. The quantitative estimate of drug-likeness (QED) is 0.531. The Morgan fingerprint density at radius 1 is 1.16 bits per heavy atom. The third kappa shape index (κ3) is 1.55. The number of benzene rings is 1. The lowest BCUT2D eigenvalue weighted by molar-refractivity contribution is 0.902. The zero-order valence-corrected chi connectivity index (χ0v) is 11.1. The summed E-state index contributed by atoms with van der Waals surface area (Å²) in [6.07, 6.45) is 5.25. The van der Waals surface area contributed by atoms with Gasteiger partial charge in [-0.2, -0.15) is 5.10 Å². The van der Waals surface area contributed by atoms with E-state index in [-0.39, 0.29) is 0 Å². The lowest BCUT2D eigenvalue weighted by atomic mass is 10.1. The van der Waals surface area contributed by atoms with Crippen LogP contribution < -0.4 is 0 Å². The van der Waals surface area contributed by atoms with Gasteiger partial charge < -0.3 is 0 Å². The fraction of sp³-hybridized carbons (Fsp3) is 0.0714. The van der Waals surface area contributed by atoms with Crippen LogP contribution in [0, 0.1) is 6.92 Å². The van der Waals surface area contributed by atoms with Gasteiger partial charge in [0, 0.05) is 4.70 Å². The maximum atomic E-state index is 4.54. The second-order valence-corrected chi connectivity index (χ2v) is 5.42. The standard InChI is InChI=1S/C14H10N4S/c1-9-10-4-2-3-5-12(10)19-13(9)11-8-18-14(17-11)15-6-7-16-18/h2-8H,1H3. The van der Waals surface area contributed by atoms with Gasteiger partial charge in [0.05, 0.1) is 23.5 Å². The predicted molar refractivity (Wildman–Crippen MR) is 76.3 cm³/mol. The maximum absolute atomic E-state index is 4.54. The molecule has 0 aliphatic rings. The van der Waals surface area contributed by atoms with E-state index in [9.17, 15) is 0 Å². The van der Waals surface area contributed by atoms with Crippen molar-refractivity contribution in [3.8, 4) is 10.6 Å². The van der Waals surface area contributed by atoms with Crippen LogP contribution in [0.4, 0.5) is 0 Å². The number of aryl methyl sites for hydroxylation is 1. The minimum absolute atomic E-state index is 0.634. The Kier molecular flexibility index (Phi) is 2.16. The van der Waals surface area contributed by atoms with Gasteiger partial charge in [-0.1, -0.05) is 18.2 Å². The van der Waals surface area contributed by atoms with Crippen molar-refractivity contribution < 1.29 is 0 Å². The van der Waals surface area contributed by atoms with Crippen LogP contribution >= 0.6 is 11.3 Å². The monoisotopic (exact) mass is 266 g/mol. The largest absolute Gasteiger partial charge is 0.251 e. The minimum atomic E-state index is 0.634. The normalized spacial score (nSPS) is 11.4. The van der Waals surface area contributed by atoms with Crippen molar-refractivity contribution in [1.29, 1.82) is 0 Å². The van der Waals surface area contributed by atoms with Gasteiger partial charge in [0.2, 0.25) is 0 Å². The van der Waals surface area contributed by atoms with Gasteiger partial charge in [-0.25, -0.2) is 14.5 Å². The number of imidazole rings is 1. The van der Waals surface area contributed by atoms with E-state index in [0.29, 0.717) is 5.78 Å². The van der Waals surface area contributed by atoms with Gasteiger partial charge in [-0.15, -0.1) is 11.3 Å². The highest BCUT2D eigenvalue weighted by Gasteiger charge is 2.13. The van der Waals surface area contributed by atoms with Crippen molar-refractivity contribution in [3.05, 3.63) is 48.4 Å². The molecule has 4 aromatic rings. The topological polar surface area (TPSA) is 43.1 Å². The Labute approximate surface area is 113 Å². The van der Waals surface area contributed by atoms with E-state index in [2.05, 4.69) is 46.3 Å². The van der Waals surface area contributed by atoms with Crippen molar-refractivity contribution in [2.75, 3.05) is 0 Å². The molecule has 0 spiro atoms. The van der Waals surface area contributed by atoms with Crippen LogP contribution in [0.25, 0.3) is 26.4 Å². The van der Waals surface area contributed by atoms with E-state index >= 15 is 0 Å². The molecule has 0 saturated carbocycles. The molecule has 5 heteroatoms. The SMILES string of the molecule is Cc1c(-c2cn3nccnc3n2)sc2ccccc12. The first-order valence-corrected chi connectivity index (χ1v) is 6.79.